The number of aromatic carboxylic acids is 1. The van der Waals surface area contributed by atoms with Crippen LogP contribution in [0.5, 0.6) is 0 Å². The smallest absolute Gasteiger partial charge is 0.540 e. The summed E-state index contributed by atoms with van der Waals surface area (Å²) in [5.74, 6) is -5.32. The first-order chi connectivity index (χ1) is 9.21. The van der Waals surface area contributed by atoms with Crippen LogP contribution in [0.1, 0.15) is 20.8 Å². The molecule has 1 aromatic rings. The molecule has 1 aromatic heterocycles. The largest absolute Gasteiger partial charge is 1.00 e. The normalized spacial score (nSPS) is 15.4. The third-order valence-electron chi connectivity index (χ3n) is 2.73. The Balaban J connectivity index is 0.00000220. The summed E-state index contributed by atoms with van der Waals surface area (Å²) in [5.41, 5.74) is 0.0699. The van der Waals surface area contributed by atoms with Gasteiger partial charge in [0, 0.05) is 4.88 Å². The van der Waals surface area contributed by atoms with E-state index in [1.807, 2.05) is 5.32 Å². The molecule has 1 aliphatic heterocycles. The van der Waals surface area contributed by atoms with E-state index in [9.17, 15) is 27.9 Å². The van der Waals surface area contributed by atoms with Crippen molar-refractivity contribution < 1.29 is 62.6 Å². The first-order valence-electron chi connectivity index (χ1n) is 5.32. The number of carboxylic acids is 2. The molecule has 1 aliphatic rings. The van der Waals surface area contributed by atoms with Gasteiger partial charge in [0.05, 0.1) is 17.1 Å². The molecule has 0 spiro atoms. The second-order valence-corrected chi connectivity index (χ2v) is 7.39. The van der Waals surface area contributed by atoms with Gasteiger partial charge in [-0.05, 0) is 12.0 Å². The van der Waals surface area contributed by atoms with Gasteiger partial charge >= 0.3 is 35.5 Å². The SMILES string of the molecule is O=C([O-])C(=O)Nc1sc2c(c1C(=O)O)CCS(=O)(=O)C2.[Na+]. The van der Waals surface area contributed by atoms with E-state index in [1.54, 1.807) is 0 Å². The van der Waals surface area contributed by atoms with E-state index in [-0.39, 0.29) is 58.0 Å². The first kappa shape index (κ1) is 18.1. The van der Waals surface area contributed by atoms with E-state index in [2.05, 4.69) is 0 Å². The Morgan fingerprint density at radius 1 is 1.29 bits per heavy atom. The van der Waals surface area contributed by atoms with E-state index in [1.165, 1.54) is 0 Å². The van der Waals surface area contributed by atoms with Crippen LogP contribution in [0, 0.1) is 0 Å². The van der Waals surface area contributed by atoms with Crippen LogP contribution in [-0.2, 0) is 31.6 Å². The van der Waals surface area contributed by atoms with Crippen LogP contribution in [0.3, 0.4) is 0 Å². The van der Waals surface area contributed by atoms with E-state index >= 15 is 0 Å². The van der Waals surface area contributed by atoms with Gasteiger partial charge in [-0.25, -0.2) is 13.2 Å². The molecule has 0 saturated heterocycles. The van der Waals surface area contributed by atoms with Crippen LogP contribution >= 0.6 is 11.3 Å². The maximum atomic E-state index is 11.5. The zero-order valence-electron chi connectivity index (χ0n) is 10.8. The van der Waals surface area contributed by atoms with Crippen molar-refractivity contribution in [3.8, 4) is 0 Å². The predicted octanol–water partition coefficient (Wildman–Crippen LogP) is -4.39. The summed E-state index contributed by atoms with van der Waals surface area (Å²) in [7, 11) is -3.29. The Hall–Kier alpha value is -0.940. The van der Waals surface area contributed by atoms with Crippen molar-refractivity contribution in [2.24, 2.45) is 0 Å². The molecule has 2 heterocycles. The number of sulfone groups is 1. The second kappa shape index (κ2) is 6.44. The van der Waals surface area contributed by atoms with Crippen LogP contribution in [0.4, 0.5) is 5.00 Å². The van der Waals surface area contributed by atoms with Crippen molar-refractivity contribution in [3.63, 3.8) is 0 Å². The fourth-order valence-electron chi connectivity index (χ4n) is 1.89. The molecule has 0 bridgehead atoms. The Kier molecular flexibility index (Phi) is 5.56. The first-order valence-corrected chi connectivity index (χ1v) is 7.95. The molecular formula is C10H8NNaO7S2. The van der Waals surface area contributed by atoms with Gasteiger partial charge in [0.2, 0.25) is 0 Å². The predicted molar refractivity (Wildman–Crippen MR) is 66.1 cm³/mol. The monoisotopic (exact) mass is 341 g/mol. The molecule has 2 N–H and O–H groups in total. The summed E-state index contributed by atoms with van der Waals surface area (Å²) in [6.45, 7) is 0. The molecule has 2 rings (SSSR count). The van der Waals surface area contributed by atoms with Crippen molar-refractivity contribution >= 4 is 44.0 Å². The minimum atomic E-state index is -3.29. The molecule has 0 saturated carbocycles. The molecule has 1 amide bonds. The molecule has 11 heteroatoms. The Bertz CT molecular complexity index is 722. The molecular weight excluding hydrogens is 333 g/mol. The summed E-state index contributed by atoms with van der Waals surface area (Å²) in [5, 5.41) is 21.2. The van der Waals surface area contributed by atoms with E-state index in [4.69, 9.17) is 5.11 Å². The van der Waals surface area contributed by atoms with Crippen molar-refractivity contribution in [1.29, 1.82) is 0 Å². The number of anilines is 1. The Labute approximate surface area is 145 Å². The Morgan fingerprint density at radius 2 is 1.90 bits per heavy atom. The fourth-order valence-corrected chi connectivity index (χ4v) is 4.93. The van der Waals surface area contributed by atoms with Crippen molar-refractivity contribution in [3.05, 3.63) is 16.0 Å². The van der Waals surface area contributed by atoms with Crippen molar-refractivity contribution in [1.82, 2.24) is 0 Å². The van der Waals surface area contributed by atoms with E-state index in [0.717, 1.165) is 11.3 Å². The molecule has 0 aliphatic carbocycles. The number of hydrogen-bond acceptors (Lipinski definition) is 7. The second-order valence-electron chi connectivity index (χ2n) is 4.10. The summed E-state index contributed by atoms with van der Waals surface area (Å²) in [6, 6.07) is 0. The molecule has 8 nitrogen and oxygen atoms in total. The number of nitrogens with one attached hydrogen (secondary N) is 1. The molecule has 108 valence electrons. The quantitative estimate of drug-likeness (QED) is 0.409. The topological polar surface area (TPSA) is 141 Å². The van der Waals surface area contributed by atoms with Crippen molar-refractivity contribution in [2.75, 3.05) is 11.1 Å². The van der Waals surface area contributed by atoms with Crippen LogP contribution in [-0.4, -0.2) is 37.1 Å². The number of fused-ring (bicyclic) bond motifs is 1. The van der Waals surface area contributed by atoms with Gasteiger partial charge in [-0.1, -0.05) is 0 Å². The van der Waals surface area contributed by atoms with Crippen LogP contribution in [0.2, 0.25) is 0 Å². The standard InChI is InChI=1S/C10H9NO7S2.Na/c12-7(10(15)16)11-8-6(9(13)14)4-1-2-20(17,18)3-5(4)19-8;/h1-3H2,(H,11,12)(H,13,14)(H,15,16);/q;+1/p-1. The molecule has 0 radical (unpaired) electrons. The molecule has 0 aromatic carbocycles. The maximum Gasteiger partial charge on any atom is 1.00 e. The Morgan fingerprint density at radius 3 is 2.43 bits per heavy atom. The van der Waals surface area contributed by atoms with Gasteiger partial charge in [-0.15, -0.1) is 11.3 Å². The number of carboxylic acid groups (broad SMARTS) is 2. The van der Waals surface area contributed by atoms with Gasteiger partial charge in [0.15, 0.2) is 9.84 Å². The average molecular weight is 341 g/mol. The van der Waals surface area contributed by atoms with Gasteiger partial charge < -0.3 is 20.3 Å². The minimum Gasteiger partial charge on any atom is -0.540 e. The zero-order chi connectivity index (χ0) is 15.1. The summed E-state index contributed by atoms with van der Waals surface area (Å²) < 4.78 is 23.0. The van der Waals surface area contributed by atoms with Crippen LogP contribution < -0.4 is 40.0 Å². The van der Waals surface area contributed by atoms with Gasteiger partial charge in [0.25, 0.3) is 5.91 Å². The molecule has 0 atom stereocenters. The van der Waals surface area contributed by atoms with E-state index in [0.29, 0.717) is 10.4 Å². The number of hydrogen-bond donors (Lipinski definition) is 2. The minimum absolute atomic E-state index is 0. The third-order valence-corrected chi connectivity index (χ3v) is 5.62. The van der Waals surface area contributed by atoms with Gasteiger partial charge in [0.1, 0.15) is 11.0 Å². The molecule has 21 heavy (non-hydrogen) atoms. The number of rotatable bonds is 2. The number of carbonyl (C=O) groups excluding carboxylic acids is 2. The summed E-state index contributed by atoms with van der Waals surface area (Å²) in [4.78, 5) is 32.9. The molecule has 0 unspecified atom stereocenters. The number of amides is 1. The van der Waals surface area contributed by atoms with Crippen molar-refractivity contribution in [2.45, 2.75) is 12.2 Å². The molecule has 0 fully saturated rings. The number of thiophene rings is 1. The fraction of sp³-hybridized carbons (Fsp3) is 0.300. The van der Waals surface area contributed by atoms with E-state index < -0.39 is 27.7 Å². The van der Waals surface area contributed by atoms with Crippen LogP contribution in [0.25, 0.3) is 0 Å². The summed E-state index contributed by atoms with van der Waals surface area (Å²) >= 11 is 0.755. The zero-order valence-corrected chi connectivity index (χ0v) is 14.5. The maximum absolute atomic E-state index is 11.5. The number of aliphatic carboxylic acids is 1. The van der Waals surface area contributed by atoms with Gasteiger partial charge in [-0.2, -0.15) is 0 Å². The van der Waals surface area contributed by atoms with Crippen LogP contribution in [0.15, 0.2) is 0 Å². The van der Waals surface area contributed by atoms with Gasteiger partial charge in [-0.3, -0.25) is 4.79 Å². The number of carbonyl (C=O) groups is 3. The summed E-state index contributed by atoms with van der Waals surface area (Å²) in [6.07, 6.45) is 0.0248. The third kappa shape index (κ3) is 3.83. The average Bonchev–Trinajstić information content (AvgIpc) is 2.64.